The fraction of sp³-hybridized carbons (Fsp3) is 0.545. The van der Waals surface area contributed by atoms with E-state index in [4.69, 9.17) is 10.5 Å². The largest absolute Gasteiger partial charge is 0.388 e. The molecule has 1 heterocycles. The molecule has 84 valence electrons. The lowest BCUT2D eigenvalue weighted by atomic mass is 9.96. The van der Waals surface area contributed by atoms with Crippen molar-refractivity contribution in [3.63, 3.8) is 0 Å². The van der Waals surface area contributed by atoms with E-state index in [0.29, 0.717) is 17.8 Å². The number of rotatable bonds is 4. The molecule has 0 aromatic carbocycles. The second-order valence-electron chi connectivity index (χ2n) is 4.16. The summed E-state index contributed by atoms with van der Waals surface area (Å²) in [6.45, 7) is 3.84. The number of pyridine rings is 1. The number of ether oxygens (including phenoxy) is 1. The van der Waals surface area contributed by atoms with Crippen molar-refractivity contribution in [2.24, 2.45) is 0 Å². The Morgan fingerprint density at radius 1 is 1.60 bits per heavy atom. The van der Waals surface area contributed by atoms with Crippen LogP contribution in [0.3, 0.4) is 0 Å². The normalized spacial score (nSPS) is 13.9. The maximum atomic E-state index is 9.97. The zero-order chi connectivity index (χ0) is 11.5. The first kappa shape index (κ1) is 11.9. The molecule has 1 aromatic rings. The second-order valence-corrected chi connectivity index (χ2v) is 4.16. The summed E-state index contributed by atoms with van der Waals surface area (Å²) in [6.07, 6.45) is 1.44. The van der Waals surface area contributed by atoms with Crippen LogP contribution in [0.1, 0.15) is 31.9 Å². The lowest BCUT2D eigenvalue weighted by Gasteiger charge is -2.26. The molecule has 1 rings (SSSR count). The van der Waals surface area contributed by atoms with Gasteiger partial charge >= 0.3 is 0 Å². The van der Waals surface area contributed by atoms with Gasteiger partial charge in [0, 0.05) is 25.3 Å². The highest BCUT2D eigenvalue weighted by Gasteiger charge is 2.23. The molecule has 1 unspecified atom stereocenters. The van der Waals surface area contributed by atoms with Gasteiger partial charge in [-0.15, -0.1) is 0 Å². The Morgan fingerprint density at radius 2 is 2.27 bits per heavy atom. The van der Waals surface area contributed by atoms with Crippen LogP contribution in [-0.2, 0) is 4.74 Å². The number of nitrogen functional groups attached to an aromatic ring is 1. The van der Waals surface area contributed by atoms with Gasteiger partial charge in [-0.25, -0.2) is 4.98 Å². The van der Waals surface area contributed by atoms with Crippen molar-refractivity contribution in [2.75, 3.05) is 12.8 Å². The smallest absolute Gasteiger partial charge is 0.129 e. The van der Waals surface area contributed by atoms with Gasteiger partial charge < -0.3 is 15.6 Å². The number of anilines is 1. The molecule has 3 N–H and O–H groups in total. The highest BCUT2D eigenvalue weighted by Crippen LogP contribution is 2.27. The van der Waals surface area contributed by atoms with Crippen LogP contribution in [0, 0.1) is 0 Å². The van der Waals surface area contributed by atoms with Gasteiger partial charge in [-0.3, -0.25) is 0 Å². The van der Waals surface area contributed by atoms with Crippen LogP contribution in [0.15, 0.2) is 18.3 Å². The third-order valence-corrected chi connectivity index (χ3v) is 2.47. The first-order chi connectivity index (χ1) is 6.96. The van der Waals surface area contributed by atoms with Crippen molar-refractivity contribution in [1.82, 2.24) is 4.98 Å². The quantitative estimate of drug-likeness (QED) is 0.790. The van der Waals surface area contributed by atoms with Gasteiger partial charge in [0.05, 0.1) is 11.7 Å². The van der Waals surface area contributed by atoms with Gasteiger partial charge in [-0.05, 0) is 19.9 Å². The summed E-state index contributed by atoms with van der Waals surface area (Å²) in [5, 5.41) is 9.97. The Labute approximate surface area is 90.1 Å². The number of nitrogens with zero attached hydrogens (tertiary/aromatic N) is 1. The minimum atomic E-state index is -0.645. The Balaban J connectivity index is 2.78. The Bertz CT molecular complexity index is 326. The molecular weight excluding hydrogens is 192 g/mol. The average Bonchev–Trinajstić information content (AvgIpc) is 2.17. The summed E-state index contributed by atoms with van der Waals surface area (Å²) < 4.78 is 5.25. The predicted octanol–water partition coefficient (Wildman–Crippen LogP) is 1.51. The minimum absolute atomic E-state index is 0.372. The standard InChI is InChI=1S/C11H18N2O2/c1-11(2,15-3)7-9(14)8-5-4-6-13-10(8)12/h4-6,9,14H,7H2,1-3H3,(H2,12,13). The number of aliphatic hydroxyl groups excluding tert-OH is 1. The van der Waals surface area contributed by atoms with E-state index >= 15 is 0 Å². The van der Waals surface area contributed by atoms with Gasteiger partial charge in [-0.1, -0.05) is 6.07 Å². The number of hydrogen-bond acceptors (Lipinski definition) is 4. The number of hydrogen-bond donors (Lipinski definition) is 2. The zero-order valence-electron chi connectivity index (χ0n) is 9.40. The van der Waals surface area contributed by atoms with E-state index in [2.05, 4.69) is 4.98 Å². The zero-order valence-corrected chi connectivity index (χ0v) is 9.40. The maximum absolute atomic E-state index is 9.97. The van der Waals surface area contributed by atoms with Crippen molar-refractivity contribution in [2.45, 2.75) is 32.0 Å². The summed E-state index contributed by atoms with van der Waals surface area (Å²) in [5.41, 5.74) is 5.95. The van der Waals surface area contributed by atoms with E-state index in [-0.39, 0.29) is 5.60 Å². The predicted molar refractivity (Wildman–Crippen MR) is 59.3 cm³/mol. The average molecular weight is 210 g/mol. The van der Waals surface area contributed by atoms with Gasteiger partial charge in [0.25, 0.3) is 0 Å². The molecule has 0 bridgehead atoms. The monoisotopic (exact) mass is 210 g/mol. The van der Waals surface area contributed by atoms with E-state index < -0.39 is 6.10 Å². The fourth-order valence-corrected chi connectivity index (χ4v) is 1.37. The molecule has 0 amide bonds. The van der Waals surface area contributed by atoms with Crippen molar-refractivity contribution in [3.8, 4) is 0 Å². The van der Waals surface area contributed by atoms with Crippen molar-refractivity contribution < 1.29 is 9.84 Å². The second kappa shape index (κ2) is 4.59. The summed E-state index contributed by atoms with van der Waals surface area (Å²) in [6, 6.07) is 3.54. The van der Waals surface area contributed by atoms with Gasteiger partial charge in [0.15, 0.2) is 0 Å². The molecular formula is C11H18N2O2. The molecule has 0 aliphatic rings. The SMILES string of the molecule is COC(C)(C)CC(O)c1cccnc1N. The minimum Gasteiger partial charge on any atom is -0.388 e. The number of methoxy groups -OCH3 is 1. The third-order valence-electron chi connectivity index (χ3n) is 2.47. The van der Waals surface area contributed by atoms with Crippen molar-refractivity contribution in [3.05, 3.63) is 23.9 Å². The van der Waals surface area contributed by atoms with E-state index in [1.807, 2.05) is 13.8 Å². The Morgan fingerprint density at radius 3 is 2.80 bits per heavy atom. The molecule has 0 saturated carbocycles. The van der Waals surface area contributed by atoms with Crippen LogP contribution < -0.4 is 5.73 Å². The molecule has 1 atom stereocenters. The molecule has 1 aromatic heterocycles. The lowest BCUT2D eigenvalue weighted by Crippen LogP contribution is -2.25. The highest BCUT2D eigenvalue weighted by molar-refractivity contribution is 5.40. The van der Waals surface area contributed by atoms with E-state index in [1.54, 1.807) is 25.4 Å². The summed E-state index contributed by atoms with van der Waals surface area (Å²) in [4.78, 5) is 3.93. The van der Waals surface area contributed by atoms with Crippen LogP contribution in [0.4, 0.5) is 5.82 Å². The summed E-state index contributed by atoms with van der Waals surface area (Å²) in [7, 11) is 1.62. The molecule has 0 saturated heterocycles. The van der Waals surface area contributed by atoms with E-state index in [0.717, 1.165) is 0 Å². The first-order valence-corrected chi connectivity index (χ1v) is 4.90. The molecule has 4 heteroatoms. The van der Waals surface area contributed by atoms with Crippen LogP contribution in [0.5, 0.6) is 0 Å². The number of aromatic nitrogens is 1. The molecule has 4 nitrogen and oxygen atoms in total. The molecule has 15 heavy (non-hydrogen) atoms. The molecule has 0 spiro atoms. The Hall–Kier alpha value is -1.13. The lowest BCUT2D eigenvalue weighted by molar-refractivity contribution is -0.0199. The molecule has 0 radical (unpaired) electrons. The van der Waals surface area contributed by atoms with Crippen molar-refractivity contribution in [1.29, 1.82) is 0 Å². The van der Waals surface area contributed by atoms with Crippen molar-refractivity contribution >= 4 is 5.82 Å². The molecule has 0 fully saturated rings. The van der Waals surface area contributed by atoms with Crippen LogP contribution in [0.25, 0.3) is 0 Å². The van der Waals surface area contributed by atoms with E-state index in [1.165, 1.54) is 0 Å². The molecule has 0 aliphatic heterocycles. The Kier molecular flexibility index (Phi) is 3.66. The number of nitrogens with two attached hydrogens (primary N) is 1. The summed E-state index contributed by atoms with van der Waals surface area (Å²) in [5.74, 6) is 0.372. The fourth-order valence-electron chi connectivity index (χ4n) is 1.37. The topological polar surface area (TPSA) is 68.4 Å². The van der Waals surface area contributed by atoms with E-state index in [9.17, 15) is 5.11 Å². The van der Waals surface area contributed by atoms with Gasteiger partial charge in [-0.2, -0.15) is 0 Å². The number of aliphatic hydroxyl groups is 1. The van der Waals surface area contributed by atoms with Gasteiger partial charge in [0.2, 0.25) is 0 Å². The summed E-state index contributed by atoms with van der Waals surface area (Å²) >= 11 is 0. The maximum Gasteiger partial charge on any atom is 0.129 e. The highest BCUT2D eigenvalue weighted by atomic mass is 16.5. The third kappa shape index (κ3) is 3.18. The van der Waals surface area contributed by atoms with Crippen LogP contribution in [-0.4, -0.2) is 22.8 Å². The van der Waals surface area contributed by atoms with Crippen LogP contribution in [0.2, 0.25) is 0 Å². The van der Waals surface area contributed by atoms with Gasteiger partial charge in [0.1, 0.15) is 5.82 Å². The van der Waals surface area contributed by atoms with Crippen LogP contribution >= 0.6 is 0 Å². The molecule has 0 aliphatic carbocycles. The first-order valence-electron chi connectivity index (χ1n) is 4.90.